The van der Waals surface area contributed by atoms with E-state index in [1.807, 2.05) is 0 Å². The molecule has 0 aromatic heterocycles. The van der Waals surface area contributed by atoms with Crippen LogP contribution in [0, 0.1) is 15.5 Å². The number of aliphatic hydroxyl groups is 1. The Morgan fingerprint density at radius 3 is 2.43 bits per heavy atom. The lowest BCUT2D eigenvalue weighted by molar-refractivity contribution is -0.384. The molecule has 0 fully saturated rings. The molecule has 0 heterocycles. The maximum atomic E-state index is 12.4. The first-order chi connectivity index (χ1) is 13.3. The fourth-order valence-electron chi connectivity index (χ4n) is 2.34. The molecule has 0 saturated heterocycles. The molecule has 0 unspecified atom stereocenters. The van der Waals surface area contributed by atoms with Gasteiger partial charge in [-0.25, -0.2) is 0 Å². The standard InChI is InChI=1S/C20H17N3O5/c1-13(24)18(19(21)15-7-3-2-4-8-15)20(26)22-17(25)11-10-14-6-5-9-16(12-14)23(27)28/h2-12,21,24H,1H3,(H,22,25,26)/b11-10?,18-13+,21-19?. The molecule has 0 saturated carbocycles. The molecule has 0 bridgehead atoms. The second kappa shape index (κ2) is 9.04. The van der Waals surface area contributed by atoms with Crippen molar-refractivity contribution in [3.63, 3.8) is 0 Å². The molecule has 0 radical (unpaired) electrons. The van der Waals surface area contributed by atoms with Gasteiger partial charge in [-0.2, -0.15) is 0 Å². The van der Waals surface area contributed by atoms with E-state index in [9.17, 15) is 24.8 Å². The summed E-state index contributed by atoms with van der Waals surface area (Å²) in [4.78, 5) is 34.6. The Hall–Kier alpha value is -4.07. The second-order valence-electron chi connectivity index (χ2n) is 5.71. The highest BCUT2D eigenvalue weighted by Crippen LogP contribution is 2.14. The zero-order valence-electron chi connectivity index (χ0n) is 14.9. The third-order valence-corrected chi connectivity index (χ3v) is 3.65. The maximum absolute atomic E-state index is 12.4. The first kappa shape index (κ1) is 20.2. The monoisotopic (exact) mass is 379 g/mol. The minimum absolute atomic E-state index is 0.129. The van der Waals surface area contributed by atoms with Crippen LogP contribution in [-0.4, -0.2) is 27.6 Å². The van der Waals surface area contributed by atoms with E-state index in [-0.39, 0.29) is 17.0 Å². The number of amides is 2. The molecular weight excluding hydrogens is 362 g/mol. The van der Waals surface area contributed by atoms with Gasteiger partial charge >= 0.3 is 0 Å². The van der Waals surface area contributed by atoms with Crippen molar-refractivity contribution in [1.29, 1.82) is 5.41 Å². The van der Waals surface area contributed by atoms with Crippen molar-refractivity contribution >= 4 is 29.3 Å². The van der Waals surface area contributed by atoms with E-state index in [0.717, 1.165) is 6.08 Å². The predicted octanol–water partition coefficient (Wildman–Crippen LogP) is 3.15. The van der Waals surface area contributed by atoms with Crippen LogP contribution in [0.25, 0.3) is 6.08 Å². The van der Waals surface area contributed by atoms with Crippen molar-refractivity contribution in [2.45, 2.75) is 6.92 Å². The van der Waals surface area contributed by atoms with Crippen LogP contribution in [0.1, 0.15) is 18.1 Å². The third kappa shape index (κ3) is 5.21. The molecule has 142 valence electrons. The van der Waals surface area contributed by atoms with Crippen molar-refractivity contribution in [1.82, 2.24) is 5.32 Å². The van der Waals surface area contributed by atoms with Crippen molar-refractivity contribution in [2.24, 2.45) is 0 Å². The van der Waals surface area contributed by atoms with Crippen LogP contribution in [-0.2, 0) is 9.59 Å². The van der Waals surface area contributed by atoms with E-state index in [1.54, 1.807) is 36.4 Å². The normalized spacial score (nSPS) is 11.6. The first-order valence-electron chi connectivity index (χ1n) is 8.11. The average Bonchev–Trinajstić information content (AvgIpc) is 2.67. The van der Waals surface area contributed by atoms with Gasteiger partial charge in [0.2, 0.25) is 0 Å². The zero-order valence-corrected chi connectivity index (χ0v) is 14.9. The molecule has 0 aliphatic rings. The lowest BCUT2D eigenvalue weighted by atomic mass is 10.0. The maximum Gasteiger partial charge on any atom is 0.270 e. The minimum Gasteiger partial charge on any atom is -0.512 e. The van der Waals surface area contributed by atoms with E-state index >= 15 is 0 Å². The number of nitro benzene ring substituents is 1. The summed E-state index contributed by atoms with van der Waals surface area (Å²) in [6.07, 6.45) is 2.35. The largest absolute Gasteiger partial charge is 0.512 e. The van der Waals surface area contributed by atoms with E-state index < -0.39 is 22.5 Å². The summed E-state index contributed by atoms with van der Waals surface area (Å²) in [7, 11) is 0. The lowest BCUT2D eigenvalue weighted by Gasteiger charge is -2.10. The van der Waals surface area contributed by atoms with Crippen LogP contribution < -0.4 is 5.32 Å². The fourth-order valence-corrected chi connectivity index (χ4v) is 2.34. The molecule has 2 aromatic rings. The Morgan fingerprint density at radius 1 is 1.14 bits per heavy atom. The molecule has 2 aromatic carbocycles. The van der Waals surface area contributed by atoms with Crippen LogP contribution in [0.5, 0.6) is 0 Å². The van der Waals surface area contributed by atoms with Crippen molar-refractivity contribution < 1.29 is 19.6 Å². The molecule has 8 nitrogen and oxygen atoms in total. The number of nitrogens with zero attached hydrogens (tertiary/aromatic N) is 1. The van der Waals surface area contributed by atoms with E-state index in [0.29, 0.717) is 11.1 Å². The number of carbonyl (C=O) groups excluding carboxylic acids is 2. The molecule has 28 heavy (non-hydrogen) atoms. The van der Waals surface area contributed by atoms with Crippen molar-refractivity contribution in [2.75, 3.05) is 0 Å². The van der Waals surface area contributed by atoms with Gasteiger partial charge in [-0.3, -0.25) is 30.4 Å². The summed E-state index contributed by atoms with van der Waals surface area (Å²) < 4.78 is 0. The molecule has 2 rings (SSSR count). The number of allylic oxidation sites excluding steroid dienone is 1. The first-order valence-corrected chi connectivity index (χ1v) is 8.11. The molecular formula is C20H17N3O5. The van der Waals surface area contributed by atoms with Gasteiger partial charge in [0.15, 0.2) is 0 Å². The number of aliphatic hydroxyl groups excluding tert-OH is 1. The number of nitrogens with one attached hydrogen (secondary N) is 2. The van der Waals surface area contributed by atoms with Crippen LogP contribution in [0.15, 0.2) is 72.0 Å². The Labute approximate surface area is 160 Å². The van der Waals surface area contributed by atoms with Gasteiger partial charge in [-0.1, -0.05) is 42.5 Å². The van der Waals surface area contributed by atoms with Gasteiger partial charge in [0, 0.05) is 23.8 Å². The minimum atomic E-state index is -0.928. The van der Waals surface area contributed by atoms with Gasteiger partial charge in [-0.05, 0) is 18.6 Å². The lowest BCUT2D eigenvalue weighted by Crippen LogP contribution is -2.33. The quantitative estimate of drug-likeness (QED) is 0.233. The van der Waals surface area contributed by atoms with Crippen molar-refractivity contribution in [3.05, 3.63) is 93.2 Å². The number of carbonyl (C=O) groups is 2. The van der Waals surface area contributed by atoms with Gasteiger partial charge < -0.3 is 5.11 Å². The molecule has 0 aliphatic carbocycles. The molecule has 0 spiro atoms. The fraction of sp³-hybridized carbons (Fsp3) is 0.0500. The van der Waals surface area contributed by atoms with Gasteiger partial charge in [-0.15, -0.1) is 0 Å². The van der Waals surface area contributed by atoms with E-state index in [1.165, 1.54) is 31.2 Å². The Bertz CT molecular complexity index is 990. The summed E-state index contributed by atoms with van der Waals surface area (Å²) in [6, 6.07) is 13.9. The number of non-ortho nitro benzene ring substituents is 1. The topological polar surface area (TPSA) is 133 Å². The average molecular weight is 379 g/mol. The summed E-state index contributed by atoms with van der Waals surface area (Å²) in [5.74, 6) is -2.12. The highest BCUT2D eigenvalue weighted by molar-refractivity contribution is 6.29. The van der Waals surface area contributed by atoms with Gasteiger partial charge in [0.1, 0.15) is 11.3 Å². The van der Waals surface area contributed by atoms with Crippen molar-refractivity contribution in [3.8, 4) is 0 Å². The number of imide groups is 1. The molecule has 3 N–H and O–H groups in total. The zero-order chi connectivity index (χ0) is 20.7. The van der Waals surface area contributed by atoms with Gasteiger partial charge in [0.05, 0.1) is 10.6 Å². The van der Waals surface area contributed by atoms with Crippen LogP contribution in [0.3, 0.4) is 0 Å². The van der Waals surface area contributed by atoms with Gasteiger partial charge in [0.25, 0.3) is 17.5 Å². The SMILES string of the molecule is C/C(O)=C(/C(=N)c1ccccc1)C(=O)NC(=O)C=Cc1cccc([N+](=O)[O-])c1. The number of rotatable bonds is 6. The highest BCUT2D eigenvalue weighted by atomic mass is 16.6. The van der Waals surface area contributed by atoms with E-state index in [4.69, 9.17) is 5.41 Å². The summed E-state index contributed by atoms with van der Waals surface area (Å²) in [6.45, 7) is 1.25. The third-order valence-electron chi connectivity index (χ3n) is 3.65. The van der Waals surface area contributed by atoms with Crippen LogP contribution in [0.4, 0.5) is 5.69 Å². The Morgan fingerprint density at radius 2 is 1.82 bits per heavy atom. The smallest absolute Gasteiger partial charge is 0.270 e. The summed E-state index contributed by atoms with van der Waals surface area (Å²) in [5, 5.41) is 30.8. The number of nitro groups is 1. The van der Waals surface area contributed by atoms with Crippen LogP contribution >= 0.6 is 0 Å². The number of hydrogen-bond acceptors (Lipinski definition) is 6. The molecule has 8 heteroatoms. The summed E-state index contributed by atoms with van der Waals surface area (Å²) >= 11 is 0. The predicted molar refractivity (Wildman–Crippen MR) is 104 cm³/mol. The Balaban J connectivity index is 2.13. The van der Waals surface area contributed by atoms with E-state index in [2.05, 4.69) is 5.32 Å². The van der Waals surface area contributed by atoms with Crippen LogP contribution in [0.2, 0.25) is 0 Å². The molecule has 0 atom stereocenters. The Kier molecular flexibility index (Phi) is 6.53. The number of hydrogen-bond donors (Lipinski definition) is 3. The molecule has 2 amide bonds. The summed E-state index contributed by atoms with van der Waals surface area (Å²) in [5.41, 5.74) is 0.122. The highest BCUT2D eigenvalue weighted by Gasteiger charge is 2.21. The molecule has 0 aliphatic heterocycles. The second-order valence-corrected chi connectivity index (χ2v) is 5.71. The number of benzene rings is 2.